The molecule has 0 N–H and O–H groups in total. The summed E-state index contributed by atoms with van der Waals surface area (Å²) in [4.78, 5) is 30.9. The van der Waals surface area contributed by atoms with Crippen LogP contribution in [-0.4, -0.2) is 36.9 Å². The maximum atomic E-state index is 13.7. The van der Waals surface area contributed by atoms with E-state index in [1.165, 1.54) is 10.5 Å². The first-order valence-corrected chi connectivity index (χ1v) is 11.7. The summed E-state index contributed by atoms with van der Waals surface area (Å²) < 4.78 is 5.56. The lowest BCUT2D eigenvalue weighted by molar-refractivity contribution is -0.120. The number of rotatable bonds is 7. The fourth-order valence-electron chi connectivity index (χ4n) is 4.73. The van der Waals surface area contributed by atoms with Gasteiger partial charge in [-0.15, -0.1) is 0 Å². The van der Waals surface area contributed by atoms with E-state index in [1.807, 2.05) is 48.5 Å². The molecule has 2 aromatic rings. The van der Waals surface area contributed by atoms with Gasteiger partial charge in [0, 0.05) is 18.7 Å². The predicted molar refractivity (Wildman–Crippen MR) is 127 cm³/mol. The summed E-state index contributed by atoms with van der Waals surface area (Å²) in [7, 11) is 1.59. The molecule has 0 spiro atoms. The van der Waals surface area contributed by atoms with Crippen molar-refractivity contribution < 1.29 is 14.3 Å². The highest BCUT2D eigenvalue weighted by Crippen LogP contribution is 2.39. The van der Waals surface area contributed by atoms with Gasteiger partial charge in [0.15, 0.2) is 0 Å². The van der Waals surface area contributed by atoms with Crippen LogP contribution in [-0.2, 0) is 16.0 Å². The highest BCUT2D eigenvalue weighted by atomic mass is 16.5. The van der Waals surface area contributed by atoms with Crippen LogP contribution in [0.25, 0.3) is 5.57 Å². The summed E-state index contributed by atoms with van der Waals surface area (Å²) in [5.74, 6) is 0.549. The maximum Gasteiger partial charge on any atom is 0.282 e. The van der Waals surface area contributed by atoms with Crippen LogP contribution in [0.1, 0.15) is 50.7 Å². The molecule has 2 aliphatic heterocycles. The van der Waals surface area contributed by atoms with Crippen LogP contribution in [0.2, 0.25) is 0 Å². The maximum absolute atomic E-state index is 13.7. The Balaban J connectivity index is 1.76. The van der Waals surface area contributed by atoms with Crippen molar-refractivity contribution in [1.29, 1.82) is 0 Å². The van der Waals surface area contributed by atoms with Crippen LogP contribution in [0, 0.1) is 5.92 Å². The molecule has 0 bridgehead atoms. The lowest BCUT2D eigenvalue weighted by Gasteiger charge is -2.33. The normalized spacial score (nSPS) is 19.2. The third-order valence-electron chi connectivity index (χ3n) is 6.42. The number of anilines is 1. The molecule has 2 aromatic carbocycles. The number of aryl methyl sites for hydroxylation is 1. The Hall–Kier alpha value is -3.08. The average Bonchev–Trinajstić information content (AvgIpc) is 3.07. The van der Waals surface area contributed by atoms with Crippen molar-refractivity contribution in [3.8, 4) is 5.75 Å². The van der Waals surface area contributed by atoms with Crippen LogP contribution in [0.3, 0.4) is 0 Å². The van der Waals surface area contributed by atoms with E-state index < -0.39 is 0 Å². The number of carbonyl (C=O) groups is 2. The van der Waals surface area contributed by atoms with E-state index in [1.54, 1.807) is 7.11 Å². The second-order valence-electron chi connectivity index (χ2n) is 8.83. The van der Waals surface area contributed by atoms with Gasteiger partial charge < -0.3 is 9.64 Å². The Morgan fingerprint density at radius 2 is 1.78 bits per heavy atom. The van der Waals surface area contributed by atoms with Crippen LogP contribution in [0.4, 0.5) is 5.69 Å². The highest BCUT2D eigenvalue weighted by Gasteiger charge is 2.43. The van der Waals surface area contributed by atoms with Gasteiger partial charge in [-0.2, -0.15) is 0 Å². The van der Waals surface area contributed by atoms with Gasteiger partial charge in [-0.3, -0.25) is 9.59 Å². The Morgan fingerprint density at radius 3 is 2.47 bits per heavy atom. The predicted octanol–water partition coefficient (Wildman–Crippen LogP) is 5.05. The number of methoxy groups -OCH3 is 1. The van der Waals surface area contributed by atoms with E-state index in [9.17, 15) is 9.59 Å². The van der Waals surface area contributed by atoms with Crippen molar-refractivity contribution in [2.75, 3.05) is 25.1 Å². The van der Waals surface area contributed by atoms with Crippen LogP contribution < -0.4 is 9.64 Å². The minimum Gasteiger partial charge on any atom is -0.496 e. The zero-order valence-corrected chi connectivity index (χ0v) is 19.3. The number of nitrogens with zero attached hydrogens (tertiary/aromatic N) is 2. The summed E-state index contributed by atoms with van der Waals surface area (Å²) in [6, 6.07) is 15.3. The standard InChI is InChI=1S/C27H32N2O3/c1-4-5-10-20-13-15-21(16-14-20)29-26(30)24(22-11-6-7-12-23(22)32-3)25(27(29)31)28-17-8-9-19(2)18-28/h6-7,11-16,19H,4-5,8-10,17-18H2,1-3H3. The fourth-order valence-corrected chi connectivity index (χ4v) is 4.73. The minimum absolute atomic E-state index is 0.244. The van der Waals surface area contributed by atoms with E-state index in [0.29, 0.717) is 34.2 Å². The molecule has 0 aliphatic carbocycles. The number of amides is 2. The Morgan fingerprint density at radius 1 is 1.03 bits per heavy atom. The van der Waals surface area contributed by atoms with E-state index >= 15 is 0 Å². The fraction of sp³-hybridized carbons (Fsp3) is 0.407. The molecule has 0 saturated carbocycles. The summed E-state index contributed by atoms with van der Waals surface area (Å²) in [6.07, 6.45) is 5.41. The Bertz CT molecular complexity index is 1030. The number of para-hydroxylation sites is 1. The summed E-state index contributed by atoms with van der Waals surface area (Å²) in [6.45, 7) is 5.92. The molecule has 5 nitrogen and oxygen atoms in total. The number of ether oxygens (including phenoxy) is 1. The van der Waals surface area contributed by atoms with Crippen LogP contribution >= 0.6 is 0 Å². The van der Waals surface area contributed by atoms with Crippen molar-refractivity contribution in [3.05, 3.63) is 65.4 Å². The molecule has 1 atom stereocenters. The molecule has 1 unspecified atom stereocenters. The number of carbonyl (C=O) groups excluding carboxylic acids is 2. The van der Waals surface area contributed by atoms with E-state index in [4.69, 9.17) is 4.74 Å². The van der Waals surface area contributed by atoms with Gasteiger partial charge in [0.1, 0.15) is 11.4 Å². The van der Waals surface area contributed by atoms with Crippen molar-refractivity contribution in [2.45, 2.75) is 46.0 Å². The monoisotopic (exact) mass is 432 g/mol. The number of unbranched alkanes of at least 4 members (excludes halogenated alkanes) is 1. The highest BCUT2D eigenvalue weighted by molar-refractivity contribution is 6.45. The van der Waals surface area contributed by atoms with E-state index in [2.05, 4.69) is 18.7 Å². The molecule has 2 heterocycles. The smallest absolute Gasteiger partial charge is 0.282 e. The number of imide groups is 1. The summed E-state index contributed by atoms with van der Waals surface area (Å²) >= 11 is 0. The molecule has 1 saturated heterocycles. The third-order valence-corrected chi connectivity index (χ3v) is 6.42. The third kappa shape index (κ3) is 4.16. The van der Waals surface area contributed by atoms with Gasteiger partial charge in [0.05, 0.1) is 18.4 Å². The molecule has 0 radical (unpaired) electrons. The number of benzene rings is 2. The average molecular weight is 433 g/mol. The zero-order chi connectivity index (χ0) is 22.7. The van der Waals surface area contributed by atoms with Gasteiger partial charge in [0.25, 0.3) is 11.8 Å². The molecule has 0 aromatic heterocycles. The second-order valence-corrected chi connectivity index (χ2v) is 8.83. The molecule has 2 aliphatic rings. The largest absolute Gasteiger partial charge is 0.496 e. The Labute approximate surface area is 190 Å². The molecule has 4 rings (SSSR count). The van der Waals surface area contributed by atoms with Gasteiger partial charge in [-0.25, -0.2) is 4.90 Å². The van der Waals surface area contributed by atoms with Crippen LogP contribution in [0.15, 0.2) is 54.2 Å². The van der Waals surface area contributed by atoms with Crippen molar-refractivity contribution in [3.63, 3.8) is 0 Å². The molecular weight excluding hydrogens is 400 g/mol. The van der Waals surface area contributed by atoms with Gasteiger partial charge in [0.2, 0.25) is 0 Å². The molecule has 32 heavy (non-hydrogen) atoms. The first kappa shape index (κ1) is 22.1. The topological polar surface area (TPSA) is 49.9 Å². The number of piperidine rings is 1. The summed E-state index contributed by atoms with van der Waals surface area (Å²) in [5, 5.41) is 0. The summed E-state index contributed by atoms with van der Waals surface area (Å²) in [5.41, 5.74) is 3.45. The van der Waals surface area contributed by atoms with Crippen molar-refractivity contribution in [1.82, 2.24) is 4.90 Å². The first-order chi connectivity index (χ1) is 15.5. The lowest BCUT2D eigenvalue weighted by atomic mass is 9.97. The molecule has 1 fully saturated rings. The van der Waals surface area contributed by atoms with E-state index in [0.717, 1.165) is 45.2 Å². The molecule has 2 amide bonds. The molecule has 168 valence electrons. The second kappa shape index (κ2) is 9.60. The van der Waals surface area contributed by atoms with Crippen molar-refractivity contribution >= 4 is 23.1 Å². The van der Waals surface area contributed by atoms with Crippen molar-refractivity contribution in [2.24, 2.45) is 5.92 Å². The first-order valence-electron chi connectivity index (χ1n) is 11.7. The lowest BCUT2D eigenvalue weighted by Crippen LogP contribution is -2.39. The minimum atomic E-state index is -0.283. The molecular formula is C27H32N2O3. The quantitative estimate of drug-likeness (QED) is 0.574. The van der Waals surface area contributed by atoms with Gasteiger partial charge in [-0.05, 0) is 55.4 Å². The van der Waals surface area contributed by atoms with Crippen LogP contribution in [0.5, 0.6) is 5.75 Å². The SMILES string of the molecule is CCCCc1ccc(N2C(=O)C(c3ccccc3OC)=C(N3CCCC(C)C3)C2=O)cc1. The van der Waals surface area contributed by atoms with E-state index in [-0.39, 0.29) is 11.8 Å². The van der Waals surface area contributed by atoms with Gasteiger partial charge in [-0.1, -0.05) is 50.6 Å². The number of hydrogen-bond acceptors (Lipinski definition) is 4. The van der Waals surface area contributed by atoms with Gasteiger partial charge >= 0.3 is 0 Å². The molecule has 5 heteroatoms. The Kier molecular flexibility index (Phi) is 6.63. The number of hydrogen-bond donors (Lipinski definition) is 0. The zero-order valence-electron chi connectivity index (χ0n) is 19.3. The number of likely N-dealkylation sites (tertiary alicyclic amines) is 1.